The minimum Gasteiger partial charge on any atom is -0.492 e. The molecule has 4 nitrogen and oxygen atoms in total. The second-order valence-electron chi connectivity index (χ2n) is 3.44. The molecule has 0 atom stereocenters. The van der Waals surface area contributed by atoms with E-state index in [9.17, 15) is 4.79 Å². The lowest BCUT2D eigenvalue weighted by Gasteiger charge is -2.06. The maximum atomic E-state index is 10.3. The molecular formula is C13H17NO3. The first kappa shape index (κ1) is 13.3. The summed E-state index contributed by atoms with van der Waals surface area (Å²) in [5, 5.41) is 11.6. The van der Waals surface area contributed by atoms with Crippen molar-refractivity contribution >= 4 is 12.0 Å². The first-order chi connectivity index (χ1) is 8.22. The highest BCUT2D eigenvalue weighted by Gasteiger charge is 1.94. The van der Waals surface area contributed by atoms with E-state index in [1.165, 1.54) is 0 Å². The van der Waals surface area contributed by atoms with Crippen molar-refractivity contribution in [2.45, 2.75) is 6.92 Å². The Morgan fingerprint density at radius 3 is 2.71 bits per heavy atom. The molecule has 0 heterocycles. The van der Waals surface area contributed by atoms with Gasteiger partial charge in [0.25, 0.3) is 0 Å². The Kier molecular flexibility index (Phi) is 5.82. The van der Waals surface area contributed by atoms with Crippen molar-refractivity contribution in [1.82, 2.24) is 5.32 Å². The molecule has 0 saturated carbocycles. The number of carboxylic acid groups (broad SMARTS) is 1. The Bertz CT molecular complexity index is 371. The van der Waals surface area contributed by atoms with Crippen LogP contribution in [0.15, 0.2) is 30.3 Å². The van der Waals surface area contributed by atoms with Crippen molar-refractivity contribution in [3.05, 3.63) is 35.9 Å². The third kappa shape index (κ3) is 5.73. The molecule has 0 saturated heterocycles. The highest BCUT2D eigenvalue weighted by atomic mass is 16.5. The van der Waals surface area contributed by atoms with Crippen molar-refractivity contribution < 1.29 is 14.6 Å². The molecule has 2 N–H and O–H groups in total. The molecule has 1 aromatic carbocycles. The summed E-state index contributed by atoms with van der Waals surface area (Å²) in [4.78, 5) is 10.3. The molecular weight excluding hydrogens is 218 g/mol. The zero-order valence-electron chi connectivity index (χ0n) is 9.85. The summed E-state index contributed by atoms with van der Waals surface area (Å²) >= 11 is 0. The van der Waals surface area contributed by atoms with Crippen LogP contribution in [0.25, 0.3) is 6.08 Å². The number of hydrogen-bond acceptors (Lipinski definition) is 3. The van der Waals surface area contributed by atoms with E-state index >= 15 is 0 Å². The van der Waals surface area contributed by atoms with Crippen LogP contribution in [-0.2, 0) is 4.79 Å². The predicted octanol–water partition coefficient (Wildman–Crippen LogP) is 1.77. The van der Waals surface area contributed by atoms with E-state index in [4.69, 9.17) is 9.84 Å². The molecule has 0 bridgehead atoms. The molecule has 1 rings (SSSR count). The molecule has 0 aliphatic heterocycles. The van der Waals surface area contributed by atoms with Crippen LogP contribution in [-0.4, -0.2) is 30.8 Å². The fourth-order valence-electron chi connectivity index (χ4n) is 1.26. The number of aliphatic carboxylic acids is 1. The van der Waals surface area contributed by atoms with Gasteiger partial charge in [-0.15, -0.1) is 0 Å². The van der Waals surface area contributed by atoms with Crippen LogP contribution in [0.2, 0.25) is 0 Å². The summed E-state index contributed by atoms with van der Waals surface area (Å²) in [5.74, 6) is -0.161. The van der Waals surface area contributed by atoms with E-state index in [2.05, 4.69) is 5.32 Å². The number of carboxylic acids is 1. The molecule has 1 aromatic rings. The van der Waals surface area contributed by atoms with Gasteiger partial charge in [0.2, 0.25) is 0 Å². The third-order valence-corrected chi connectivity index (χ3v) is 2.10. The first-order valence-electron chi connectivity index (χ1n) is 5.57. The molecule has 0 radical (unpaired) electrons. The lowest BCUT2D eigenvalue weighted by Crippen LogP contribution is -2.20. The van der Waals surface area contributed by atoms with Gasteiger partial charge in [-0.05, 0) is 30.3 Å². The van der Waals surface area contributed by atoms with Crippen LogP contribution in [0.1, 0.15) is 12.5 Å². The lowest BCUT2D eigenvalue weighted by atomic mass is 10.2. The molecule has 0 spiro atoms. The van der Waals surface area contributed by atoms with Crippen molar-refractivity contribution in [3.63, 3.8) is 0 Å². The summed E-state index contributed by atoms with van der Waals surface area (Å²) in [6.45, 7) is 4.42. The number of likely N-dealkylation sites (N-methyl/N-ethyl adjacent to an activating group) is 1. The van der Waals surface area contributed by atoms with Gasteiger partial charge in [0, 0.05) is 12.6 Å². The monoisotopic (exact) mass is 235 g/mol. The van der Waals surface area contributed by atoms with Crippen LogP contribution in [0.3, 0.4) is 0 Å². The summed E-state index contributed by atoms with van der Waals surface area (Å²) < 4.78 is 5.49. The van der Waals surface area contributed by atoms with Crippen LogP contribution >= 0.6 is 0 Å². The average molecular weight is 235 g/mol. The maximum absolute atomic E-state index is 10.3. The molecule has 0 aliphatic rings. The predicted molar refractivity (Wildman–Crippen MR) is 67.2 cm³/mol. The number of ether oxygens (including phenoxy) is 1. The Balaban J connectivity index is 2.42. The fraction of sp³-hybridized carbons (Fsp3) is 0.308. The van der Waals surface area contributed by atoms with Gasteiger partial charge in [0.05, 0.1) is 0 Å². The van der Waals surface area contributed by atoms with Crippen molar-refractivity contribution in [2.75, 3.05) is 19.7 Å². The van der Waals surface area contributed by atoms with Gasteiger partial charge in [-0.1, -0.05) is 19.1 Å². The Labute approximate surface area is 101 Å². The largest absolute Gasteiger partial charge is 0.492 e. The van der Waals surface area contributed by atoms with E-state index in [-0.39, 0.29) is 0 Å². The van der Waals surface area contributed by atoms with E-state index in [0.717, 1.165) is 30.5 Å². The maximum Gasteiger partial charge on any atom is 0.328 e. The lowest BCUT2D eigenvalue weighted by molar-refractivity contribution is -0.131. The molecule has 0 unspecified atom stereocenters. The summed E-state index contributed by atoms with van der Waals surface area (Å²) in [5.41, 5.74) is 0.839. The summed E-state index contributed by atoms with van der Waals surface area (Å²) in [6.07, 6.45) is 2.66. The molecule has 17 heavy (non-hydrogen) atoms. The van der Waals surface area contributed by atoms with Gasteiger partial charge < -0.3 is 15.2 Å². The quantitative estimate of drug-likeness (QED) is 0.558. The summed E-state index contributed by atoms with van der Waals surface area (Å²) in [7, 11) is 0. The normalized spacial score (nSPS) is 10.6. The van der Waals surface area contributed by atoms with Gasteiger partial charge in [0.15, 0.2) is 0 Å². The topological polar surface area (TPSA) is 58.6 Å². The number of hydrogen-bond donors (Lipinski definition) is 2. The zero-order chi connectivity index (χ0) is 12.5. The Hall–Kier alpha value is -1.81. The second-order valence-corrected chi connectivity index (χ2v) is 3.44. The van der Waals surface area contributed by atoms with Crippen LogP contribution in [0, 0.1) is 0 Å². The average Bonchev–Trinajstić information content (AvgIpc) is 2.33. The molecule has 4 heteroatoms. The van der Waals surface area contributed by atoms with Crippen LogP contribution in [0.4, 0.5) is 0 Å². The van der Waals surface area contributed by atoms with E-state index in [0.29, 0.717) is 6.61 Å². The minimum atomic E-state index is -0.948. The second kappa shape index (κ2) is 7.46. The Morgan fingerprint density at radius 2 is 2.12 bits per heavy atom. The van der Waals surface area contributed by atoms with Crippen LogP contribution in [0.5, 0.6) is 5.75 Å². The smallest absolute Gasteiger partial charge is 0.328 e. The van der Waals surface area contributed by atoms with Crippen LogP contribution < -0.4 is 10.1 Å². The Morgan fingerprint density at radius 1 is 1.41 bits per heavy atom. The highest BCUT2D eigenvalue weighted by molar-refractivity contribution is 5.85. The molecule has 0 aliphatic carbocycles. The van der Waals surface area contributed by atoms with Gasteiger partial charge in [-0.2, -0.15) is 0 Å². The minimum absolute atomic E-state index is 0.623. The number of nitrogens with one attached hydrogen (secondary N) is 1. The number of benzene rings is 1. The zero-order valence-corrected chi connectivity index (χ0v) is 9.85. The van der Waals surface area contributed by atoms with Crippen molar-refractivity contribution in [2.24, 2.45) is 0 Å². The SMILES string of the molecule is CCNCCOc1ccc(C=CC(=O)O)cc1. The highest BCUT2D eigenvalue weighted by Crippen LogP contribution is 2.12. The summed E-state index contributed by atoms with van der Waals surface area (Å²) in [6, 6.07) is 7.30. The number of carbonyl (C=O) groups is 1. The van der Waals surface area contributed by atoms with Gasteiger partial charge in [-0.3, -0.25) is 0 Å². The third-order valence-electron chi connectivity index (χ3n) is 2.10. The van der Waals surface area contributed by atoms with E-state index < -0.39 is 5.97 Å². The van der Waals surface area contributed by atoms with Gasteiger partial charge in [0.1, 0.15) is 12.4 Å². The molecule has 92 valence electrons. The van der Waals surface area contributed by atoms with Gasteiger partial charge >= 0.3 is 5.97 Å². The first-order valence-corrected chi connectivity index (χ1v) is 5.57. The number of rotatable bonds is 7. The molecule has 0 amide bonds. The molecule has 0 fully saturated rings. The standard InChI is InChI=1S/C13H17NO3/c1-2-14-9-10-17-12-6-3-11(4-7-12)5-8-13(15)16/h3-8,14H,2,9-10H2,1H3,(H,15,16). The fourth-order valence-corrected chi connectivity index (χ4v) is 1.26. The van der Waals surface area contributed by atoms with Crippen molar-refractivity contribution in [1.29, 1.82) is 0 Å². The van der Waals surface area contributed by atoms with E-state index in [1.54, 1.807) is 6.08 Å². The van der Waals surface area contributed by atoms with E-state index in [1.807, 2.05) is 31.2 Å². The molecule has 0 aromatic heterocycles. The van der Waals surface area contributed by atoms with Crippen molar-refractivity contribution in [3.8, 4) is 5.75 Å². The van der Waals surface area contributed by atoms with Gasteiger partial charge in [-0.25, -0.2) is 4.79 Å².